The zero-order chi connectivity index (χ0) is 21.3. The summed E-state index contributed by atoms with van der Waals surface area (Å²) in [5.74, 6) is 0.950. The highest BCUT2D eigenvalue weighted by Gasteiger charge is 2.09. The lowest BCUT2D eigenvalue weighted by Gasteiger charge is -2.13. The van der Waals surface area contributed by atoms with Gasteiger partial charge in [-0.3, -0.25) is 4.79 Å². The molecule has 0 aliphatic heterocycles. The van der Waals surface area contributed by atoms with Crippen LogP contribution in [0.4, 0.5) is 0 Å². The van der Waals surface area contributed by atoms with Gasteiger partial charge in [0.2, 0.25) is 0 Å². The fraction of sp³-hybridized carbons (Fsp3) is 0.167. The first-order valence-electron chi connectivity index (χ1n) is 9.60. The summed E-state index contributed by atoms with van der Waals surface area (Å²) in [7, 11) is 0. The van der Waals surface area contributed by atoms with E-state index in [9.17, 15) is 4.79 Å². The topological polar surface area (TPSA) is 59.9 Å². The summed E-state index contributed by atoms with van der Waals surface area (Å²) < 4.78 is 11.6. The second-order valence-electron chi connectivity index (χ2n) is 6.53. The molecule has 0 spiro atoms. The summed E-state index contributed by atoms with van der Waals surface area (Å²) in [5, 5.41) is 4.71. The molecule has 3 aromatic carbocycles. The molecule has 0 bridgehead atoms. The maximum atomic E-state index is 12.2. The highest BCUT2D eigenvalue weighted by atomic mass is 35.5. The summed E-state index contributed by atoms with van der Waals surface area (Å²) in [4.78, 5) is 12.2. The monoisotopic (exact) mass is 422 g/mol. The van der Waals surface area contributed by atoms with E-state index in [1.54, 1.807) is 12.3 Å². The molecule has 0 aromatic heterocycles. The molecule has 0 saturated carbocycles. The number of carbonyl (C=O) groups excluding carboxylic acids is 1. The molecule has 6 heteroatoms. The number of hydrogen-bond donors (Lipinski definition) is 1. The van der Waals surface area contributed by atoms with E-state index in [0.29, 0.717) is 35.3 Å². The standard InChI is InChI=1S/C24H23ClN2O3/c1-3-29-23-14-18(15-26-27-24(28)20-10-6-4-8-17(20)2)12-13-22(23)30-16-19-9-5-7-11-21(19)25/h4-15H,3,16H2,1-2H3,(H,27,28)/b26-15+. The molecule has 0 atom stereocenters. The van der Waals surface area contributed by atoms with Crippen molar-refractivity contribution in [2.75, 3.05) is 6.61 Å². The summed E-state index contributed by atoms with van der Waals surface area (Å²) in [6, 6.07) is 20.4. The van der Waals surface area contributed by atoms with Crippen LogP contribution in [0.5, 0.6) is 11.5 Å². The molecule has 154 valence electrons. The molecule has 5 nitrogen and oxygen atoms in total. The average molecular weight is 423 g/mol. The van der Waals surface area contributed by atoms with Gasteiger partial charge in [-0.05, 0) is 55.3 Å². The van der Waals surface area contributed by atoms with Crippen LogP contribution in [0.2, 0.25) is 5.02 Å². The third kappa shape index (κ3) is 5.61. The van der Waals surface area contributed by atoms with Crippen molar-refractivity contribution in [3.63, 3.8) is 0 Å². The molecule has 0 radical (unpaired) electrons. The number of carbonyl (C=O) groups is 1. The quantitative estimate of drug-likeness (QED) is 0.391. The second kappa shape index (κ2) is 10.5. The molecule has 0 unspecified atom stereocenters. The van der Waals surface area contributed by atoms with Gasteiger partial charge in [0, 0.05) is 16.1 Å². The summed E-state index contributed by atoms with van der Waals surface area (Å²) in [6.07, 6.45) is 1.57. The smallest absolute Gasteiger partial charge is 0.271 e. The first-order chi connectivity index (χ1) is 14.6. The number of rotatable bonds is 8. The highest BCUT2D eigenvalue weighted by molar-refractivity contribution is 6.31. The van der Waals surface area contributed by atoms with Gasteiger partial charge in [-0.25, -0.2) is 5.43 Å². The van der Waals surface area contributed by atoms with E-state index < -0.39 is 0 Å². The molecule has 1 amide bonds. The Morgan fingerprint density at radius 2 is 1.80 bits per heavy atom. The van der Waals surface area contributed by atoms with Crippen LogP contribution < -0.4 is 14.9 Å². The van der Waals surface area contributed by atoms with Gasteiger partial charge < -0.3 is 9.47 Å². The number of nitrogens with zero attached hydrogens (tertiary/aromatic N) is 1. The Balaban J connectivity index is 1.68. The first kappa shape index (κ1) is 21.4. The van der Waals surface area contributed by atoms with Crippen molar-refractivity contribution < 1.29 is 14.3 Å². The Morgan fingerprint density at radius 3 is 2.57 bits per heavy atom. The number of amides is 1. The van der Waals surface area contributed by atoms with E-state index in [2.05, 4.69) is 10.5 Å². The van der Waals surface area contributed by atoms with Crippen LogP contribution in [0.1, 0.15) is 34.0 Å². The van der Waals surface area contributed by atoms with E-state index in [-0.39, 0.29) is 5.91 Å². The van der Waals surface area contributed by atoms with Crippen molar-refractivity contribution in [2.45, 2.75) is 20.5 Å². The van der Waals surface area contributed by atoms with Crippen LogP contribution in [0.3, 0.4) is 0 Å². The van der Waals surface area contributed by atoms with E-state index in [0.717, 1.165) is 16.7 Å². The number of aryl methyl sites for hydroxylation is 1. The van der Waals surface area contributed by atoms with Crippen molar-refractivity contribution in [2.24, 2.45) is 5.10 Å². The van der Waals surface area contributed by atoms with Gasteiger partial charge in [0.05, 0.1) is 12.8 Å². The lowest BCUT2D eigenvalue weighted by atomic mass is 10.1. The maximum Gasteiger partial charge on any atom is 0.271 e. The number of nitrogens with one attached hydrogen (secondary N) is 1. The van der Waals surface area contributed by atoms with E-state index in [1.165, 1.54) is 0 Å². The van der Waals surface area contributed by atoms with Crippen LogP contribution in [-0.2, 0) is 6.61 Å². The van der Waals surface area contributed by atoms with Crippen molar-refractivity contribution >= 4 is 23.7 Å². The zero-order valence-electron chi connectivity index (χ0n) is 16.9. The number of hydrogen-bond acceptors (Lipinski definition) is 4. The lowest BCUT2D eigenvalue weighted by Crippen LogP contribution is -2.18. The summed E-state index contributed by atoms with van der Waals surface area (Å²) in [6.45, 7) is 4.61. The minimum absolute atomic E-state index is 0.255. The average Bonchev–Trinajstić information content (AvgIpc) is 2.74. The SMILES string of the molecule is CCOc1cc(/C=N/NC(=O)c2ccccc2C)ccc1OCc1ccccc1Cl. The minimum atomic E-state index is -0.255. The molecule has 0 saturated heterocycles. The summed E-state index contributed by atoms with van der Waals surface area (Å²) >= 11 is 6.19. The molecule has 0 aliphatic carbocycles. The fourth-order valence-corrected chi connectivity index (χ4v) is 3.01. The second-order valence-corrected chi connectivity index (χ2v) is 6.94. The molecule has 1 N–H and O–H groups in total. The Hall–Kier alpha value is -3.31. The van der Waals surface area contributed by atoms with Crippen molar-refractivity contribution in [1.82, 2.24) is 5.43 Å². The van der Waals surface area contributed by atoms with Crippen LogP contribution in [0, 0.1) is 6.92 Å². The van der Waals surface area contributed by atoms with E-state index >= 15 is 0 Å². The van der Waals surface area contributed by atoms with Gasteiger partial charge in [-0.2, -0.15) is 5.10 Å². The predicted molar refractivity (Wildman–Crippen MR) is 120 cm³/mol. The third-order valence-electron chi connectivity index (χ3n) is 4.38. The molecule has 3 rings (SSSR count). The lowest BCUT2D eigenvalue weighted by molar-refractivity contribution is 0.0954. The Labute approximate surface area is 181 Å². The number of halogens is 1. The molecule has 0 aliphatic rings. The van der Waals surface area contributed by atoms with Crippen LogP contribution in [0.15, 0.2) is 71.8 Å². The third-order valence-corrected chi connectivity index (χ3v) is 4.75. The molecule has 0 heterocycles. The van der Waals surface area contributed by atoms with E-state index in [1.807, 2.05) is 74.5 Å². The van der Waals surface area contributed by atoms with Crippen molar-refractivity contribution in [3.8, 4) is 11.5 Å². The predicted octanol–water partition coefficient (Wildman–Crippen LogP) is 5.39. The Morgan fingerprint density at radius 1 is 1.03 bits per heavy atom. The Kier molecular flexibility index (Phi) is 7.46. The van der Waals surface area contributed by atoms with Crippen LogP contribution in [-0.4, -0.2) is 18.7 Å². The highest BCUT2D eigenvalue weighted by Crippen LogP contribution is 2.29. The van der Waals surface area contributed by atoms with E-state index in [4.69, 9.17) is 21.1 Å². The number of benzene rings is 3. The maximum absolute atomic E-state index is 12.2. The largest absolute Gasteiger partial charge is 0.490 e. The zero-order valence-corrected chi connectivity index (χ0v) is 17.6. The molecular formula is C24H23ClN2O3. The van der Waals surface area contributed by atoms with Gasteiger partial charge >= 0.3 is 0 Å². The molecule has 30 heavy (non-hydrogen) atoms. The van der Waals surface area contributed by atoms with Gasteiger partial charge in [0.25, 0.3) is 5.91 Å². The van der Waals surface area contributed by atoms with Crippen molar-refractivity contribution in [1.29, 1.82) is 0 Å². The Bertz CT molecular complexity index is 1050. The van der Waals surface area contributed by atoms with Crippen LogP contribution in [0.25, 0.3) is 0 Å². The summed E-state index contributed by atoms with van der Waals surface area (Å²) in [5.41, 5.74) is 5.70. The molecular weight excluding hydrogens is 400 g/mol. The number of ether oxygens (including phenoxy) is 2. The normalized spacial score (nSPS) is 10.8. The van der Waals surface area contributed by atoms with Crippen molar-refractivity contribution in [3.05, 3.63) is 94.0 Å². The minimum Gasteiger partial charge on any atom is -0.490 e. The fourth-order valence-electron chi connectivity index (χ4n) is 2.82. The molecule has 0 fully saturated rings. The first-order valence-corrected chi connectivity index (χ1v) is 9.98. The van der Waals surface area contributed by atoms with Gasteiger partial charge in [-0.1, -0.05) is 48.0 Å². The number of hydrazone groups is 1. The molecule has 3 aromatic rings. The van der Waals surface area contributed by atoms with Gasteiger partial charge in [-0.15, -0.1) is 0 Å². The van der Waals surface area contributed by atoms with Gasteiger partial charge in [0.15, 0.2) is 11.5 Å². The van der Waals surface area contributed by atoms with Crippen LogP contribution >= 0.6 is 11.6 Å². The van der Waals surface area contributed by atoms with Gasteiger partial charge in [0.1, 0.15) is 6.61 Å².